The first-order valence-corrected chi connectivity index (χ1v) is 6.67. The molecular formula is C15H20FN3O. The van der Waals surface area contributed by atoms with Crippen LogP contribution >= 0.6 is 0 Å². The molecule has 0 atom stereocenters. The molecule has 108 valence electrons. The first kappa shape index (κ1) is 14.5. The number of imidazole rings is 1. The smallest absolute Gasteiger partial charge is 0.207 e. The normalized spacial score (nSPS) is 10.8. The largest absolute Gasteiger partial charge is 0.385 e. The first-order valence-electron chi connectivity index (χ1n) is 6.67. The summed E-state index contributed by atoms with van der Waals surface area (Å²) in [6.07, 6.45) is 2.80. The van der Waals surface area contributed by atoms with Gasteiger partial charge in [-0.3, -0.25) is 4.57 Å². The Morgan fingerprint density at radius 3 is 2.90 bits per heavy atom. The molecule has 0 fully saturated rings. The highest BCUT2D eigenvalue weighted by Gasteiger charge is 2.11. The Kier molecular flexibility index (Phi) is 4.74. The zero-order valence-electron chi connectivity index (χ0n) is 12.1. The maximum Gasteiger partial charge on any atom is 0.207 e. The van der Waals surface area contributed by atoms with Crippen molar-refractivity contribution in [3.05, 3.63) is 41.5 Å². The molecule has 0 saturated carbocycles. The average molecular weight is 277 g/mol. The van der Waals surface area contributed by atoms with Gasteiger partial charge in [0.15, 0.2) is 0 Å². The van der Waals surface area contributed by atoms with E-state index in [0.717, 1.165) is 30.3 Å². The number of methoxy groups -OCH3 is 1. The van der Waals surface area contributed by atoms with E-state index in [0.29, 0.717) is 12.2 Å². The summed E-state index contributed by atoms with van der Waals surface area (Å²) in [6, 6.07) is 5.07. The van der Waals surface area contributed by atoms with Crippen LogP contribution in [-0.2, 0) is 4.74 Å². The fourth-order valence-corrected chi connectivity index (χ4v) is 2.08. The van der Waals surface area contributed by atoms with Gasteiger partial charge < -0.3 is 10.1 Å². The van der Waals surface area contributed by atoms with Gasteiger partial charge in [-0.2, -0.15) is 0 Å². The van der Waals surface area contributed by atoms with Crippen LogP contribution < -0.4 is 5.32 Å². The first-order chi connectivity index (χ1) is 9.63. The molecule has 0 aliphatic rings. The summed E-state index contributed by atoms with van der Waals surface area (Å²) in [7, 11) is 1.68. The van der Waals surface area contributed by atoms with E-state index in [4.69, 9.17) is 4.74 Å². The number of aryl methyl sites for hydroxylation is 1. The third-order valence-electron chi connectivity index (χ3n) is 3.13. The quantitative estimate of drug-likeness (QED) is 0.825. The highest BCUT2D eigenvalue weighted by molar-refractivity contribution is 5.48. The molecule has 1 aromatic heterocycles. The lowest BCUT2D eigenvalue weighted by Gasteiger charge is -2.12. The second kappa shape index (κ2) is 6.52. The van der Waals surface area contributed by atoms with Crippen LogP contribution in [0, 0.1) is 19.7 Å². The third-order valence-corrected chi connectivity index (χ3v) is 3.13. The van der Waals surface area contributed by atoms with E-state index in [1.54, 1.807) is 20.1 Å². The minimum Gasteiger partial charge on any atom is -0.385 e. The van der Waals surface area contributed by atoms with Gasteiger partial charge >= 0.3 is 0 Å². The predicted molar refractivity (Wildman–Crippen MR) is 78.0 cm³/mol. The molecule has 0 bridgehead atoms. The van der Waals surface area contributed by atoms with Gasteiger partial charge in [-0.25, -0.2) is 9.37 Å². The Morgan fingerprint density at radius 1 is 1.35 bits per heavy atom. The SMILES string of the molecule is COCCCNc1nc(C)cn1-c1cccc(F)c1C. The summed E-state index contributed by atoms with van der Waals surface area (Å²) in [6.45, 7) is 5.16. The Hall–Kier alpha value is -1.88. The molecule has 1 N–H and O–H groups in total. The second-order valence-corrected chi connectivity index (χ2v) is 4.73. The van der Waals surface area contributed by atoms with E-state index >= 15 is 0 Å². The van der Waals surface area contributed by atoms with Crippen LogP contribution in [0.4, 0.5) is 10.3 Å². The molecule has 5 heteroatoms. The zero-order valence-corrected chi connectivity index (χ0v) is 12.1. The van der Waals surface area contributed by atoms with Gasteiger partial charge in [0.1, 0.15) is 5.82 Å². The number of ether oxygens (including phenoxy) is 1. The number of anilines is 1. The monoisotopic (exact) mass is 277 g/mol. The van der Waals surface area contributed by atoms with Crippen LogP contribution in [0.15, 0.2) is 24.4 Å². The van der Waals surface area contributed by atoms with Crippen LogP contribution in [0.2, 0.25) is 0 Å². The molecule has 0 aliphatic carbocycles. The lowest BCUT2D eigenvalue weighted by Crippen LogP contribution is -2.10. The summed E-state index contributed by atoms with van der Waals surface area (Å²) >= 11 is 0. The minimum absolute atomic E-state index is 0.209. The predicted octanol–water partition coefficient (Wildman–Crippen LogP) is 3.08. The number of halogens is 1. The number of nitrogens with zero attached hydrogens (tertiary/aromatic N) is 2. The summed E-state index contributed by atoms with van der Waals surface area (Å²) in [5.41, 5.74) is 2.31. The topological polar surface area (TPSA) is 39.1 Å². The molecule has 0 amide bonds. The number of hydrogen-bond acceptors (Lipinski definition) is 3. The molecule has 1 aromatic carbocycles. The number of nitrogens with one attached hydrogen (secondary N) is 1. The minimum atomic E-state index is -0.209. The summed E-state index contributed by atoms with van der Waals surface area (Å²) < 4.78 is 20.6. The van der Waals surface area contributed by atoms with Crippen molar-refractivity contribution in [2.45, 2.75) is 20.3 Å². The van der Waals surface area contributed by atoms with Crippen LogP contribution in [0.3, 0.4) is 0 Å². The van der Waals surface area contributed by atoms with Gasteiger partial charge in [0.25, 0.3) is 0 Å². The maximum atomic E-state index is 13.7. The van der Waals surface area contributed by atoms with E-state index in [-0.39, 0.29) is 5.82 Å². The van der Waals surface area contributed by atoms with Crippen LogP contribution in [-0.4, -0.2) is 29.8 Å². The number of rotatable bonds is 6. The van der Waals surface area contributed by atoms with Crippen molar-refractivity contribution >= 4 is 5.95 Å². The van der Waals surface area contributed by atoms with Crippen molar-refractivity contribution in [2.24, 2.45) is 0 Å². The van der Waals surface area contributed by atoms with Crippen molar-refractivity contribution in [3.8, 4) is 5.69 Å². The standard InChI is InChI=1S/C15H20FN3O/c1-11-10-19(14-7-4-6-13(16)12(14)2)15(18-11)17-8-5-9-20-3/h4,6-7,10H,5,8-9H2,1-3H3,(H,17,18). The second-order valence-electron chi connectivity index (χ2n) is 4.73. The molecule has 4 nitrogen and oxygen atoms in total. The van der Waals surface area contributed by atoms with Crippen LogP contribution in [0.25, 0.3) is 5.69 Å². The van der Waals surface area contributed by atoms with E-state index in [1.165, 1.54) is 6.07 Å². The van der Waals surface area contributed by atoms with Gasteiger partial charge in [-0.15, -0.1) is 0 Å². The van der Waals surface area contributed by atoms with Crippen molar-refractivity contribution in [1.29, 1.82) is 0 Å². The summed E-state index contributed by atoms with van der Waals surface area (Å²) in [5, 5.41) is 3.26. The van der Waals surface area contributed by atoms with Crippen molar-refractivity contribution in [2.75, 3.05) is 25.6 Å². The molecule has 1 heterocycles. The van der Waals surface area contributed by atoms with Gasteiger partial charge in [-0.1, -0.05) is 6.07 Å². The Labute approximate surface area is 118 Å². The zero-order chi connectivity index (χ0) is 14.5. The fraction of sp³-hybridized carbons (Fsp3) is 0.400. The lowest BCUT2D eigenvalue weighted by atomic mass is 10.2. The molecule has 0 spiro atoms. The van der Waals surface area contributed by atoms with Crippen molar-refractivity contribution in [3.63, 3.8) is 0 Å². The Morgan fingerprint density at radius 2 is 2.15 bits per heavy atom. The van der Waals surface area contributed by atoms with Gasteiger partial charge in [0.2, 0.25) is 5.95 Å². The van der Waals surface area contributed by atoms with Crippen molar-refractivity contribution in [1.82, 2.24) is 9.55 Å². The molecule has 0 saturated heterocycles. The van der Waals surface area contributed by atoms with E-state index in [2.05, 4.69) is 10.3 Å². The molecular weight excluding hydrogens is 257 g/mol. The molecule has 0 aliphatic heterocycles. The number of benzene rings is 1. The molecule has 0 radical (unpaired) electrons. The van der Waals surface area contributed by atoms with Crippen LogP contribution in [0.1, 0.15) is 17.7 Å². The maximum absolute atomic E-state index is 13.7. The molecule has 20 heavy (non-hydrogen) atoms. The molecule has 2 rings (SSSR count). The number of hydrogen-bond donors (Lipinski definition) is 1. The third kappa shape index (κ3) is 3.17. The van der Waals surface area contributed by atoms with Gasteiger partial charge in [-0.05, 0) is 32.4 Å². The Bertz CT molecular complexity index is 580. The van der Waals surface area contributed by atoms with Crippen LogP contribution in [0.5, 0.6) is 0 Å². The van der Waals surface area contributed by atoms with E-state index in [9.17, 15) is 4.39 Å². The van der Waals surface area contributed by atoms with Gasteiger partial charge in [0.05, 0.1) is 11.4 Å². The lowest BCUT2D eigenvalue weighted by molar-refractivity contribution is 0.197. The highest BCUT2D eigenvalue weighted by Crippen LogP contribution is 2.21. The average Bonchev–Trinajstić information content (AvgIpc) is 2.79. The van der Waals surface area contributed by atoms with Gasteiger partial charge in [0, 0.05) is 32.0 Å². The summed E-state index contributed by atoms with van der Waals surface area (Å²) in [4.78, 5) is 4.44. The number of aromatic nitrogens is 2. The molecule has 2 aromatic rings. The van der Waals surface area contributed by atoms with E-state index in [1.807, 2.05) is 23.8 Å². The molecule has 0 unspecified atom stereocenters. The Balaban J connectivity index is 2.25. The summed E-state index contributed by atoms with van der Waals surface area (Å²) in [5.74, 6) is 0.520. The van der Waals surface area contributed by atoms with Crippen molar-refractivity contribution < 1.29 is 9.13 Å². The fourth-order valence-electron chi connectivity index (χ4n) is 2.08. The highest BCUT2D eigenvalue weighted by atomic mass is 19.1. The van der Waals surface area contributed by atoms with E-state index < -0.39 is 0 Å².